The molecule has 0 unspecified atom stereocenters. The predicted octanol–water partition coefficient (Wildman–Crippen LogP) is 1.80. The van der Waals surface area contributed by atoms with E-state index in [0.29, 0.717) is 19.0 Å². The zero-order valence-corrected chi connectivity index (χ0v) is 12.4. The Kier molecular flexibility index (Phi) is 4.58. The van der Waals surface area contributed by atoms with Crippen molar-refractivity contribution in [3.05, 3.63) is 34.3 Å². The van der Waals surface area contributed by atoms with Gasteiger partial charge in [-0.05, 0) is 30.0 Å². The Bertz CT molecular complexity index is 473. The fourth-order valence-electron chi connectivity index (χ4n) is 2.12. The van der Waals surface area contributed by atoms with Crippen molar-refractivity contribution in [1.29, 1.82) is 0 Å². The number of amides is 2. The van der Waals surface area contributed by atoms with Crippen LogP contribution in [0.25, 0.3) is 0 Å². The topological polar surface area (TPSA) is 58.2 Å². The van der Waals surface area contributed by atoms with Crippen molar-refractivity contribution in [2.75, 3.05) is 13.1 Å². The molecule has 0 heterocycles. The Balaban J connectivity index is 1.74. The number of hydrogen-bond donors (Lipinski definition) is 2. The summed E-state index contributed by atoms with van der Waals surface area (Å²) in [5.74, 6) is 0.430. The average Bonchev–Trinajstić information content (AvgIpc) is 3.15. The SMILES string of the molecule is CC(=O)NCCNC(=O)[C@H]1C[C@H]1c1ccc(Br)cc1. The molecule has 102 valence electrons. The molecule has 0 aromatic heterocycles. The zero-order valence-electron chi connectivity index (χ0n) is 10.8. The number of rotatable bonds is 5. The first-order valence-electron chi connectivity index (χ1n) is 6.35. The van der Waals surface area contributed by atoms with E-state index in [1.165, 1.54) is 12.5 Å². The number of carbonyl (C=O) groups excluding carboxylic acids is 2. The number of nitrogens with one attached hydrogen (secondary N) is 2. The lowest BCUT2D eigenvalue weighted by atomic mass is 10.1. The second-order valence-electron chi connectivity index (χ2n) is 4.77. The normalized spacial score (nSPS) is 20.7. The quantitative estimate of drug-likeness (QED) is 0.811. The molecule has 5 heteroatoms. The summed E-state index contributed by atoms with van der Waals surface area (Å²) in [6, 6.07) is 8.11. The molecule has 1 saturated carbocycles. The molecule has 19 heavy (non-hydrogen) atoms. The van der Waals surface area contributed by atoms with Crippen LogP contribution in [0.15, 0.2) is 28.7 Å². The van der Waals surface area contributed by atoms with E-state index in [1.807, 2.05) is 12.1 Å². The lowest BCUT2D eigenvalue weighted by Crippen LogP contribution is -2.34. The molecule has 0 saturated heterocycles. The Morgan fingerprint density at radius 3 is 2.47 bits per heavy atom. The highest BCUT2D eigenvalue weighted by Crippen LogP contribution is 2.47. The van der Waals surface area contributed by atoms with Gasteiger partial charge in [-0.3, -0.25) is 9.59 Å². The van der Waals surface area contributed by atoms with Crippen LogP contribution in [0.1, 0.15) is 24.8 Å². The average molecular weight is 325 g/mol. The molecule has 4 nitrogen and oxygen atoms in total. The Morgan fingerprint density at radius 2 is 1.84 bits per heavy atom. The highest BCUT2D eigenvalue weighted by atomic mass is 79.9. The number of carbonyl (C=O) groups is 2. The van der Waals surface area contributed by atoms with Crippen molar-refractivity contribution in [2.24, 2.45) is 5.92 Å². The predicted molar refractivity (Wildman–Crippen MR) is 76.7 cm³/mol. The summed E-state index contributed by atoms with van der Waals surface area (Å²) in [5.41, 5.74) is 1.21. The first kappa shape index (κ1) is 14.1. The second-order valence-corrected chi connectivity index (χ2v) is 5.69. The molecular formula is C14H17BrN2O2. The molecule has 0 spiro atoms. The van der Waals surface area contributed by atoms with Crippen LogP contribution in [0, 0.1) is 5.92 Å². The Morgan fingerprint density at radius 1 is 1.21 bits per heavy atom. The minimum Gasteiger partial charge on any atom is -0.355 e. The van der Waals surface area contributed by atoms with Crippen molar-refractivity contribution in [2.45, 2.75) is 19.3 Å². The van der Waals surface area contributed by atoms with Crippen LogP contribution in [0.5, 0.6) is 0 Å². The minimum absolute atomic E-state index is 0.0755. The Labute approximate surface area is 121 Å². The summed E-state index contributed by atoms with van der Waals surface area (Å²) in [6.07, 6.45) is 0.910. The third-order valence-electron chi connectivity index (χ3n) is 3.22. The van der Waals surface area contributed by atoms with Crippen molar-refractivity contribution in [3.8, 4) is 0 Å². The van der Waals surface area contributed by atoms with Gasteiger partial charge < -0.3 is 10.6 Å². The van der Waals surface area contributed by atoms with Crippen molar-refractivity contribution >= 4 is 27.7 Å². The molecule has 1 aliphatic carbocycles. The minimum atomic E-state index is -0.0755. The third kappa shape index (κ3) is 4.06. The van der Waals surface area contributed by atoms with Gasteiger partial charge >= 0.3 is 0 Å². The molecule has 1 fully saturated rings. The largest absolute Gasteiger partial charge is 0.355 e. The molecule has 0 bridgehead atoms. The highest BCUT2D eigenvalue weighted by Gasteiger charge is 2.43. The van der Waals surface area contributed by atoms with Gasteiger partial charge in [0, 0.05) is 30.4 Å². The summed E-state index contributed by atoms with van der Waals surface area (Å²) in [6.45, 7) is 2.44. The molecule has 1 aromatic rings. The standard InChI is InChI=1S/C14H17BrN2O2/c1-9(18)16-6-7-17-14(19)13-8-12(13)10-2-4-11(15)5-3-10/h2-5,12-13H,6-8H2,1H3,(H,16,18)(H,17,19)/t12-,13-/m0/s1. The van der Waals surface area contributed by atoms with E-state index in [2.05, 4.69) is 38.7 Å². The number of hydrogen-bond acceptors (Lipinski definition) is 2. The monoisotopic (exact) mass is 324 g/mol. The summed E-state index contributed by atoms with van der Waals surface area (Å²) >= 11 is 3.40. The molecule has 2 atom stereocenters. The third-order valence-corrected chi connectivity index (χ3v) is 3.75. The number of benzene rings is 1. The van der Waals surface area contributed by atoms with Gasteiger partial charge in [0.1, 0.15) is 0 Å². The molecule has 1 aliphatic rings. The van der Waals surface area contributed by atoms with Gasteiger partial charge in [-0.1, -0.05) is 28.1 Å². The summed E-state index contributed by atoms with van der Waals surface area (Å²) in [7, 11) is 0. The molecule has 0 aliphatic heterocycles. The fourth-order valence-corrected chi connectivity index (χ4v) is 2.38. The molecule has 2 amide bonds. The van der Waals surface area contributed by atoms with E-state index in [1.54, 1.807) is 0 Å². The van der Waals surface area contributed by atoms with Gasteiger partial charge in [0.25, 0.3) is 0 Å². The van der Waals surface area contributed by atoms with Gasteiger partial charge in [-0.25, -0.2) is 0 Å². The van der Waals surface area contributed by atoms with E-state index in [-0.39, 0.29) is 17.7 Å². The summed E-state index contributed by atoms with van der Waals surface area (Å²) in [5, 5.41) is 5.50. The maximum Gasteiger partial charge on any atom is 0.223 e. The van der Waals surface area contributed by atoms with Gasteiger partial charge in [0.2, 0.25) is 11.8 Å². The van der Waals surface area contributed by atoms with Crippen LogP contribution in [0.4, 0.5) is 0 Å². The maximum absolute atomic E-state index is 11.9. The van der Waals surface area contributed by atoms with E-state index >= 15 is 0 Å². The molecular weight excluding hydrogens is 308 g/mol. The summed E-state index contributed by atoms with van der Waals surface area (Å²) in [4.78, 5) is 22.5. The first-order chi connectivity index (χ1) is 9.08. The maximum atomic E-state index is 11.9. The van der Waals surface area contributed by atoms with Gasteiger partial charge in [0.15, 0.2) is 0 Å². The van der Waals surface area contributed by atoms with E-state index in [0.717, 1.165) is 10.9 Å². The Hall–Kier alpha value is -1.36. The fraction of sp³-hybridized carbons (Fsp3) is 0.429. The van der Waals surface area contributed by atoms with Crippen LogP contribution >= 0.6 is 15.9 Å². The van der Waals surface area contributed by atoms with Crippen LogP contribution in [0.2, 0.25) is 0 Å². The molecule has 2 rings (SSSR count). The van der Waals surface area contributed by atoms with Crippen LogP contribution in [0.3, 0.4) is 0 Å². The first-order valence-corrected chi connectivity index (χ1v) is 7.15. The van der Waals surface area contributed by atoms with E-state index < -0.39 is 0 Å². The molecule has 2 N–H and O–H groups in total. The van der Waals surface area contributed by atoms with Gasteiger partial charge in [-0.15, -0.1) is 0 Å². The molecule has 1 aromatic carbocycles. The van der Waals surface area contributed by atoms with E-state index in [4.69, 9.17) is 0 Å². The van der Waals surface area contributed by atoms with Crippen LogP contribution in [-0.2, 0) is 9.59 Å². The zero-order chi connectivity index (χ0) is 13.8. The summed E-state index contributed by atoms with van der Waals surface area (Å²) < 4.78 is 1.05. The number of halogens is 1. The van der Waals surface area contributed by atoms with Crippen molar-refractivity contribution in [3.63, 3.8) is 0 Å². The van der Waals surface area contributed by atoms with E-state index in [9.17, 15) is 9.59 Å². The van der Waals surface area contributed by atoms with Crippen LogP contribution < -0.4 is 10.6 Å². The van der Waals surface area contributed by atoms with Crippen LogP contribution in [-0.4, -0.2) is 24.9 Å². The lowest BCUT2D eigenvalue weighted by Gasteiger charge is -2.05. The van der Waals surface area contributed by atoms with Crippen molar-refractivity contribution < 1.29 is 9.59 Å². The van der Waals surface area contributed by atoms with Gasteiger partial charge in [0.05, 0.1) is 0 Å². The van der Waals surface area contributed by atoms with Gasteiger partial charge in [-0.2, -0.15) is 0 Å². The second kappa shape index (κ2) is 6.19. The molecule has 0 radical (unpaired) electrons. The lowest BCUT2D eigenvalue weighted by molar-refractivity contribution is -0.123. The highest BCUT2D eigenvalue weighted by molar-refractivity contribution is 9.10. The smallest absolute Gasteiger partial charge is 0.223 e. The van der Waals surface area contributed by atoms with Crippen molar-refractivity contribution in [1.82, 2.24) is 10.6 Å².